The van der Waals surface area contributed by atoms with Crippen LogP contribution in [-0.4, -0.2) is 68.4 Å². The zero-order valence-electron chi connectivity index (χ0n) is 13.9. The molecular weight excluding hydrogens is 286 g/mol. The first kappa shape index (κ1) is 18.7. The molecule has 1 aliphatic heterocycles. The van der Waals surface area contributed by atoms with E-state index in [1.54, 1.807) is 0 Å². The number of alkyl carbamates (subject to hydrolysis) is 1. The van der Waals surface area contributed by atoms with Crippen LogP contribution in [0.3, 0.4) is 0 Å². The monoisotopic (exact) mass is 315 g/mol. The largest absolute Gasteiger partial charge is 0.444 e. The van der Waals surface area contributed by atoms with Gasteiger partial charge in [0.2, 0.25) is 5.91 Å². The van der Waals surface area contributed by atoms with E-state index in [0.29, 0.717) is 45.8 Å². The van der Waals surface area contributed by atoms with Crippen molar-refractivity contribution in [2.75, 3.05) is 45.9 Å². The van der Waals surface area contributed by atoms with Gasteiger partial charge in [-0.05, 0) is 33.7 Å². The van der Waals surface area contributed by atoms with E-state index in [-0.39, 0.29) is 5.91 Å². The second-order valence-corrected chi connectivity index (χ2v) is 6.28. The van der Waals surface area contributed by atoms with Gasteiger partial charge in [0, 0.05) is 32.6 Å². The molecule has 0 aliphatic carbocycles. The van der Waals surface area contributed by atoms with E-state index < -0.39 is 11.7 Å². The summed E-state index contributed by atoms with van der Waals surface area (Å²) in [5, 5.41) is 5.91. The quantitative estimate of drug-likeness (QED) is 0.677. The molecule has 0 spiro atoms. The lowest BCUT2D eigenvalue weighted by molar-refractivity contribution is -0.135. The number of rotatable bonds is 7. The van der Waals surface area contributed by atoms with Crippen LogP contribution >= 0.6 is 0 Å². The summed E-state index contributed by atoms with van der Waals surface area (Å²) in [5.41, 5.74) is -0.470. The van der Waals surface area contributed by atoms with Crippen molar-refractivity contribution in [2.24, 2.45) is 0 Å². The molecular formula is C15H29N3O4. The van der Waals surface area contributed by atoms with Crippen molar-refractivity contribution in [1.82, 2.24) is 15.5 Å². The highest BCUT2D eigenvalue weighted by Gasteiger charge is 2.16. The Kier molecular flexibility index (Phi) is 8.19. The number of amides is 2. The number of hydrogen-bond acceptors (Lipinski definition) is 5. The van der Waals surface area contributed by atoms with Crippen LogP contribution in [0.1, 0.15) is 33.6 Å². The number of nitrogens with zero attached hydrogens (tertiary/aromatic N) is 1. The van der Waals surface area contributed by atoms with Crippen LogP contribution in [0.4, 0.5) is 4.79 Å². The Bertz CT molecular complexity index is 349. The highest BCUT2D eigenvalue weighted by Crippen LogP contribution is 2.06. The molecule has 0 radical (unpaired) electrons. The molecule has 2 amide bonds. The van der Waals surface area contributed by atoms with E-state index in [2.05, 4.69) is 10.6 Å². The maximum absolute atomic E-state index is 11.9. The van der Waals surface area contributed by atoms with Gasteiger partial charge in [-0.1, -0.05) is 0 Å². The maximum atomic E-state index is 11.9. The van der Waals surface area contributed by atoms with Crippen LogP contribution in [0.2, 0.25) is 0 Å². The third-order valence-electron chi connectivity index (χ3n) is 3.08. The zero-order valence-corrected chi connectivity index (χ0v) is 13.9. The van der Waals surface area contributed by atoms with Gasteiger partial charge >= 0.3 is 6.09 Å². The summed E-state index contributed by atoms with van der Waals surface area (Å²) in [6.07, 6.45) is 0.903. The van der Waals surface area contributed by atoms with Crippen LogP contribution in [0.25, 0.3) is 0 Å². The fourth-order valence-electron chi connectivity index (χ4n) is 2.01. The zero-order chi connectivity index (χ0) is 16.4. The Morgan fingerprint density at radius 1 is 1.14 bits per heavy atom. The minimum atomic E-state index is -0.470. The van der Waals surface area contributed by atoms with Crippen LogP contribution < -0.4 is 10.6 Å². The predicted octanol–water partition coefficient (Wildman–Crippen LogP) is 0.740. The lowest BCUT2D eigenvalue weighted by Crippen LogP contribution is -2.41. The van der Waals surface area contributed by atoms with Crippen LogP contribution in [-0.2, 0) is 14.3 Å². The molecule has 7 heteroatoms. The van der Waals surface area contributed by atoms with Gasteiger partial charge in [0.05, 0.1) is 13.2 Å². The molecule has 0 saturated carbocycles. The first-order chi connectivity index (χ1) is 10.4. The molecule has 1 saturated heterocycles. The minimum absolute atomic E-state index is 0.169. The summed E-state index contributed by atoms with van der Waals surface area (Å²) >= 11 is 0. The molecule has 2 N–H and O–H groups in total. The van der Waals surface area contributed by atoms with Gasteiger partial charge in [0.25, 0.3) is 0 Å². The Labute approximate surface area is 132 Å². The first-order valence-corrected chi connectivity index (χ1v) is 7.91. The predicted molar refractivity (Wildman–Crippen MR) is 83.7 cm³/mol. The third-order valence-corrected chi connectivity index (χ3v) is 3.08. The van der Waals surface area contributed by atoms with Gasteiger partial charge in [-0.15, -0.1) is 0 Å². The van der Waals surface area contributed by atoms with Crippen molar-refractivity contribution in [2.45, 2.75) is 39.2 Å². The first-order valence-electron chi connectivity index (χ1n) is 7.91. The van der Waals surface area contributed by atoms with Crippen molar-refractivity contribution in [3.63, 3.8) is 0 Å². The van der Waals surface area contributed by atoms with E-state index in [9.17, 15) is 9.59 Å². The van der Waals surface area contributed by atoms with Gasteiger partial charge < -0.3 is 25.0 Å². The second kappa shape index (κ2) is 9.63. The van der Waals surface area contributed by atoms with E-state index in [0.717, 1.165) is 13.0 Å². The average Bonchev–Trinajstić information content (AvgIpc) is 2.45. The van der Waals surface area contributed by atoms with Crippen LogP contribution in [0.15, 0.2) is 0 Å². The van der Waals surface area contributed by atoms with Crippen LogP contribution in [0.5, 0.6) is 0 Å². The SMILES string of the molecule is CC(C)(C)OC(=O)NCCCNCCC(=O)N1CCOCC1. The van der Waals surface area contributed by atoms with Crippen molar-refractivity contribution in [3.8, 4) is 0 Å². The Hall–Kier alpha value is -1.34. The molecule has 1 rings (SSSR count). The molecule has 0 aromatic carbocycles. The van der Waals surface area contributed by atoms with E-state index in [4.69, 9.17) is 9.47 Å². The lowest BCUT2D eigenvalue weighted by atomic mass is 10.2. The molecule has 0 aromatic rings. The Morgan fingerprint density at radius 2 is 1.82 bits per heavy atom. The van der Waals surface area contributed by atoms with E-state index in [1.165, 1.54) is 0 Å². The fraction of sp³-hybridized carbons (Fsp3) is 0.867. The number of carbonyl (C=O) groups is 2. The number of hydrogen-bond donors (Lipinski definition) is 2. The van der Waals surface area contributed by atoms with E-state index in [1.807, 2.05) is 25.7 Å². The van der Waals surface area contributed by atoms with Gasteiger partial charge in [0.1, 0.15) is 5.60 Å². The second-order valence-electron chi connectivity index (χ2n) is 6.28. The summed E-state index contributed by atoms with van der Waals surface area (Å²) < 4.78 is 10.3. The Balaban J connectivity index is 1.95. The highest BCUT2D eigenvalue weighted by molar-refractivity contribution is 5.76. The molecule has 0 bridgehead atoms. The van der Waals surface area contributed by atoms with Crippen molar-refractivity contribution >= 4 is 12.0 Å². The molecule has 1 aliphatic rings. The number of carbonyl (C=O) groups excluding carboxylic acids is 2. The molecule has 22 heavy (non-hydrogen) atoms. The minimum Gasteiger partial charge on any atom is -0.444 e. The lowest BCUT2D eigenvalue weighted by Gasteiger charge is -2.26. The smallest absolute Gasteiger partial charge is 0.407 e. The molecule has 7 nitrogen and oxygen atoms in total. The number of ether oxygens (including phenoxy) is 2. The summed E-state index contributed by atoms with van der Waals surface area (Å²) in [7, 11) is 0. The normalized spacial score (nSPS) is 15.5. The molecule has 128 valence electrons. The van der Waals surface area contributed by atoms with Gasteiger partial charge in [-0.3, -0.25) is 4.79 Å². The maximum Gasteiger partial charge on any atom is 0.407 e. The number of morpholine rings is 1. The molecule has 0 aromatic heterocycles. The molecule has 1 fully saturated rings. The average molecular weight is 315 g/mol. The molecule has 0 unspecified atom stereocenters. The van der Waals surface area contributed by atoms with Gasteiger partial charge in [-0.25, -0.2) is 4.79 Å². The van der Waals surface area contributed by atoms with E-state index >= 15 is 0 Å². The van der Waals surface area contributed by atoms with Crippen molar-refractivity contribution < 1.29 is 19.1 Å². The van der Waals surface area contributed by atoms with Crippen molar-refractivity contribution in [1.29, 1.82) is 0 Å². The van der Waals surface area contributed by atoms with Gasteiger partial charge in [-0.2, -0.15) is 0 Å². The van der Waals surface area contributed by atoms with Gasteiger partial charge in [0.15, 0.2) is 0 Å². The number of nitrogens with one attached hydrogen (secondary N) is 2. The van der Waals surface area contributed by atoms with Crippen LogP contribution in [0, 0.1) is 0 Å². The summed E-state index contributed by atoms with van der Waals surface area (Å²) in [6.45, 7) is 10.1. The summed E-state index contributed by atoms with van der Waals surface area (Å²) in [5.74, 6) is 0.169. The Morgan fingerprint density at radius 3 is 2.45 bits per heavy atom. The molecule has 1 heterocycles. The fourth-order valence-corrected chi connectivity index (χ4v) is 2.01. The van der Waals surface area contributed by atoms with Crippen molar-refractivity contribution in [3.05, 3.63) is 0 Å². The highest BCUT2D eigenvalue weighted by atomic mass is 16.6. The standard InChI is InChI=1S/C15H29N3O4/c1-15(2,3)22-14(20)17-7-4-6-16-8-5-13(19)18-9-11-21-12-10-18/h16H,4-12H2,1-3H3,(H,17,20). The topological polar surface area (TPSA) is 79.9 Å². The third kappa shape index (κ3) is 8.84. The summed E-state index contributed by atoms with van der Waals surface area (Å²) in [4.78, 5) is 25.1. The summed E-state index contributed by atoms with van der Waals surface area (Å²) in [6, 6.07) is 0. The molecule has 0 atom stereocenters.